The highest BCUT2D eigenvalue weighted by Gasteiger charge is 1.95. The number of carbonyl (C=O) groups excluding carboxylic acids is 1. The predicted molar refractivity (Wildman–Crippen MR) is 77.9 cm³/mol. The van der Waals surface area contributed by atoms with Crippen molar-refractivity contribution in [2.24, 2.45) is 0 Å². The monoisotopic (exact) mass is 271 g/mol. The summed E-state index contributed by atoms with van der Waals surface area (Å²) in [5.41, 5.74) is 1.80. The van der Waals surface area contributed by atoms with Gasteiger partial charge < -0.3 is 9.64 Å². The topological polar surface area (TPSA) is 29.5 Å². The van der Waals surface area contributed by atoms with Crippen molar-refractivity contribution < 1.29 is 9.53 Å². The maximum Gasteiger partial charge on any atom is 0.332 e. The summed E-state index contributed by atoms with van der Waals surface area (Å²) in [6.45, 7) is 5.98. The standard InChI is InChI=1S/C9H13N.C5H8O2.ClH/c1-10(2)8-9-6-4-3-5-7-9;1-4(2)5(6)7-3;/h3-7H,8H2,1-2H3;1H2,2-3H3;1H. The Bertz CT molecular complexity index is 350. The number of methoxy groups -OCH3 is 1. The van der Waals surface area contributed by atoms with Crippen LogP contribution in [0.15, 0.2) is 42.5 Å². The molecule has 18 heavy (non-hydrogen) atoms. The molecule has 0 heterocycles. The van der Waals surface area contributed by atoms with Gasteiger partial charge in [0.05, 0.1) is 7.11 Å². The molecule has 4 heteroatoms. The molecule has 0 spiro atoms. The number of ether oxygens (including phenoxy) is 1. The average Bonchev–Trinajstić information content (AvgIpc) is 2.29. The molecule has 0 fully saturated rings. The first-order chi connectivity index (χ1) is 7.97. The number of carbonyl (C=O) groups is 1. The van der Waals surface area contributed by atoms with E-state index in [1.54, 1.807) is 6.92 Å². The van der Waals surface area contributed by atoms with E-state index < -0.39 is 0 Å². The van der Waals surface area contributed by atoms with E-state index in [1.807, 2.05) is 6.07 Å². The molecule has 0 aliphatic heterocycles. The molecule has 0 atom stereocenters. The molecule has 1 aromatic carbocycles. The van der Waals surface area contributed by atoms with E-state index >= 15 is 0 Å². The van der Waals surface area contributed by atoms with Crippen molar-refractivity contribution in [1.29, 1.82) is 0 Å². The maximum absolute atomic E-state index is 10.2. The number of nitrogens with zero attached hydrogens (tertiary/aromatic N) is 1. The van der Waals surface area contributed by atoms with Crippen molar-refractivity contribution >= 4 is 18.4 Å². The van der Waals surface area contributed by atoms with E-state index in [2.05, 4.69) is 54.6 Å². The number of esters is 1. The van der Waals surface area contributed by atoms with Crippen LogP contribution in [0.4, 0.5) is 0 Å². The van der Waals surface area contributed by atoms with Gasteiger partial charge in [-0.3, -0.25) is 0 Å². The fourth-order valence-corrected chi connectivity index (χ4v) is 1.12. The highest BCUT2D eigenvalue weighted by Crippen LogP contribution is 1.99. The third kappa shape index (κ3) is 9.87. The van der Waals surface area contributed by atoms with E-state index in [9.17, 15) is 4.79 Å². The van der Waals surface area contributed by atoms with Gasteiger partial charge in [0.1, 0.15) is 0 Å². The summed E-state index contributed by atoms with van der Waals surface area (Å²) in [5.74, 6) is -0.347. The third-order valence-corrected chi connectivity index (χ3v) is 1.88. The number of rotatable bonds is 3. The molecule has 0 saturated heterocycles. The molecule has 0 radical (unpaired) electrons. The van der Waals surface area contributed by atoms with Gasteiger partial charge in [0, 0.05) is 12.1 Å². The van der Waals surface area contributed by atoms with E-state index in [1.165, 1.54) is 12.7 Å². The molecule has 0 aliphatic rings. The zero-order chi connectivity index (χ0) is 13.3. The van der Waals surface area contributed by atoms with Crippen LogP contribution in [0.5, 0.6) is 0 Å². The second-order valence-electron chi connectivity index (χ2n) is 4.00. The lowest BCUT2D eigenvalue weighted by Gasteiger charge is -2.08. The lowest BCUT2D eigenvalue weighted by Crippen LogP contribution is -2.10. The fourth-order valence-electron chi connectivity index (χ4n) is 1.12. The molecule has 0 N–H and O–H groups in total. The second-order valence-corrected chi connectivity index (χ2v) is 4.00. The molecule has 0 saturated carbocycles. The molecule has 3 nitrogen and oxygen atoms in total. The zero-order valence-electron chi connectivity index (χ0n) is 11.5. The van der Waals surface area contributed by atoms with Crippen molar-refractivity contribution in [3.63, 3.8) is 0 Å². The van der Waals surface area contributed by atoms with Crippen LogP contribution in [0.1, 0.15) is 12.5 Å². The summed E-state index contributed by atoms with van der Waals surface area (Å²) in [7, 11) is 5.48. The first-order valence-electron chi connectivity index (χ1n) is 5.39. The smallest absolute Gasteiger partial charge is 0.332 e. The van der Waals surface area contributed by atoms with Crippen LogP contribution in [0.2, 0.25) is 0 Å². The van der Waals surface area contributed by atoms with Gasteiger partial charge in [-0.15, -0.1) is 12.4 Å². The van der Waals surface area contributed by atoms with Gasteiger partial charge in [0.2, 0.25) is 0 Å². The van der Waals surface area contributed by atoms with Crippen LogP contribution in [-0.4, -0.2) is 32.1 Å². The molecular weight excluding hydrogens is 250 g/mol. The largest absolute Gasteiger partial charge is 0.466 e. The minimum atomic E-state index is -0.347. The molecule has 1 aromatic rings. The van der Waals surface area contributed by atoms with Crippen LogP contribution in [0, 0.1) is 0 Å². The number of halogens is 1. The lowest BCUT2D eigenvalue weighted by molar-refractivity contribution is -0.136. The van der Waals surface area contributed by atoms with Gasteiger partial charge in [-0.1, -0.05) is 36.9 Å². The Hall–Kier alpha value is -1.32. The second kappa shape index (κ2) is 10.8. The Balaban J connectivity index is 0. The number of hydrogen-bond donors (Lipinski definition) is 0. The van der Waals surface area contributed by atoms with Gasteiger partial charge in [-0.2, -0.15) is 0 Å². The van der Waals surface area contributed by atoms with E-state index in [-0.39, 0.29) is 18.4 Å². The Morgan fingerprint density at radius 3 is 2.06 bits per heavy atom. The summed E-state index contributed by atoms with van der Waals surface area (Å²) < 4.78 is 4.27. The van der Waals surface area contributed by atoms with Gasteiger partial charge in [0.15, 0.2) is 0 Å². The molecule has 0 aromatic heterocycles. The van der Waals surface area contributed by atoms with Crippen LogP contribution >= 0.6 is 12.4 Å². The Labute approximate surface area is 116 Å². The van der Waals surface area contributed by atoms with Crippen LogP contribution in [-0.2, 0) is 16.1 Å². The molecule has 102 valence electrons. The van der Waals surface area contributed by atoms with Crippen molar-refractivity contribution in [3.05, 3.63) is 48.0 Å². The number of benzene rings is 1. The summed E-state index contributed by atoms with van der Waals surface area (Å²) in [6.07, 6.45) is 0. The van der Waals surface area contributed by atoms with E-state index in [4.69, 9.17) is 0 Å². The summed E-state index contributed by atoms with van der Waals surface area (Å²) >= 11 is 0. The van der Waals surface area contributed by atoms with Crippen molar-refractivity contribution in [3.8, 4) is 0 Å². The predicted octanol–water partition coefficient (Wildman–Crippen LogP) is 2.91. The quantitative estimate of drug-likeness (QED) is 0.625. The van der Waals surface area contributed by atoms with Gasteiger partial charge in [-0.25, -0.2) is 4.79 Å². The van der Waals surface area contributed by atoms with Gasteiger partial charge in [0.25, 0.3) is 0 Å². The summed E-state index contributed by atoms with van der Waals surface area (Å²) in [4.78, 5) is 12.4. The molecule has 0 amide bonds. The van der Waals surface area contributed by atoms with Gasteiger partial charge >= 0.3 is 5.97 Å². The summed E-state index contributed by atoms with van der Waals surface area (Å²) in [5, 5.41) is 0. The summed E-state index contributed by atoms with van der Waals surface area (Å²) in [6, 6.07) is 10.5. The average molecular weight is 272 g/mol. The van der Waals surface area contributed by atoms with Crippen LogP contribution in [0.3, 0.4) is 0 Å². The highest BCUT2D eigenvalue weighted by atomic mass is 35.5. The van der Waals surface area contributed by atoms with Crippen LogP contribution in [0.25, 0.3) is 0 Å². The lowest BCUT2D eigenvalue weighted by atomic mass is 10.2. The van der Waals surface area contributed by atoms with Gasteiger partial charge in [-0.05, 0) is 26.6 Å². The Kier molecular flexibility index (Phi) is 11.4. The minimum Gasteiger partial charge on any atom is -0.466 e. The molecule has 0 bridgehead atoms. The highest BCUT2D eigenvalue weighted by molar-refractivity contribution is 5.86. The van der Waals surface area contributed by atoms with E-state index in [0.29, 0.717) is 5.57 Å². The molecule has 0 aliphatic carbocycles. The van der Waals surface area contributed by atoms with E-state index in [0.717, 1.165) is 6.54 Å². The molecule has 1 rings (SSSR count). The molecular formula is C14H22ClNO2. The fraction of sp³-hybridized carbons (Fsp3) is 0.357. The Morgan fingerprint density at radius 1 is 1.28 bits per heavy atom. The third-order valence-electron chi connectivity index (χ3n) is 1.88. The normalized spacial score (nSPS) is 8.72. The van der Waals surface area contributed by atoms with Crippen molar-refractivity contribution in [2.75, 3.05) is 21.2 Å². The van der Waals surface area contributed by atoms with Crippen LogP contribution < -0.4 is 0 Å². The zero-order valence-corrected chi connectivity index (χ0v) is 12.3. The Morgan fingerprint density at radius 2 is 1.78 bits per heavy atom. The van der Waals surface area contributed by atoms with Crippen molar-refractivity contribution in [2.45, 2.75) is 13.5 Å². The molecule has 0 unspecified atom stereocenters. The maximum atomic E-state index is 10.2. The number of hydrogen-bond acceptors (Lipinski definition) is 3. The minimum absolute atomic E-state index is 0. The SMILES string of the molecule is C=C(C)C(=O)OC.CN(C)Cc1ccccc1.Cl. The first kappa shape index (κ1) is 19.0. The van der Waals surface area contributed by atoms with Crippen molar-refractivity contribution in [1.82, 2.24) is 4.90 Å². The first-order valence-corrected chi connectivity index (χ1v) is 5.39.